The molecule has 0 aliphatic carbocycles. The predicted octanol–water partition coefficient (Wildman–Crippen LogP) is 2.08. The van der Waals surface area contributed by atoms with E-state index in [-0.39, 0.29) is 0 Å². The summed E-state index contributed by atoms with van der Waals surface area (Å²) in [4.78, 5) is 0. The van der Waals surface area contributed by atoms with Crippen LogP contribution in [-0.4, -0.2) is 14.8 Å². The van der Waals surface area contributed by atoms with Gasteiger partial charge in [0, 0.05) is 12.5 Å². The van der Waals surface area contributed by atoms with E-state index in [0.29, 0.717) is 6.04 Å². The minimum atomic E-state index is 0.399. The highest BCUT2D eigenvalue weighted by Crippen LogP contribution is 2.08. The van der Waals surface area contributed by atoms with Crippen molar-refractivity contribution in [2.24, 2.45) is 0 Å². The fourth-order valence-electron chi connectivity index (χ4n) is 1.12. The summed E-state index contributed by atoms with van der Waals surface area (Å²) in [7, 11) is 0. The first-order valence-corrected chi connectivity index (χ1v) is 4.23. The molecule has 1 aromatic heterocycles. The van der Waals surface area contributed by atoms with Crippen LogP contribution in [0.5, 0.6) is 0 Å². The molecule has 3 nitrogen and oxygen atoms in total. The molecule has 0 saturated carbocycles. The van der Waals surface area contributed by atoms with Crippen LogP contribution in [0.3, 0.4) is 0 Å². The maximum absolute atomic E-state index is 5.06. The van der Waals surface area contributed by atoms with Crippen LogP contribution in [0.2, 0.25) is 0 Å². The Balaban J connectivity index is 3.18. The molecule has 0 unspecified atom stereocenters. The Hall–Kier alpha value is -0.640. The molecule has 0 fully saturated rings. The highest BCUT2D eigenvalue weighted by Gasteiger charge is 2.05. The molecule has 0 aliphatic rings. The maximum Gasteiger partial charge on any atom is 0.195 e. The van der Waals surface area contributed by atoms with Gasteiger partial charge in [-0.15, -0.1) is 0 Å². The molecule has 0 radical (unpaired) electrons. The molecule has 0 spiro atoms. The number of H-pyrrole nitrogens is 1. The van der Waals surface area contributed by atoms with E-state index in [2.05, 4.69) is 31.0 Å². The molecule has 4 heteroatoms. The normalized spacial score (nSPS) is 10.9. The number of aryl methyl sites for hydroxylation is 1. The van der Waals surface area contributed by atoms with E-state index in [4.69, 9.17) is 12.2 Å². The standard InChI is InChI=1S/C7H13N3S/c1-4-6-8-9-7(11)10(6)5(2)3/h5H,4H2,1-3H3,(H,9,11). The number of aromatic nitrogens is 3. The van der Waals surface area contributed by atoms with Gasteiger partial charge >= 0.3 is 0 Å². The van der Waals surface area contributed by atoms with Crippen molar-refractivity contribution in [3.8, 4) is 0 Å². The Bertz CT molecular complexity index is 284. The largest absolute Gasteiger partial charge is 0.302 e. The number of aromatic amines is 1. The fourth-order valence-corrected chi connectivity index (χ4v) is 1.48. The Kier molecular flexibility index (Phi) is 2.44. The van der Waals surface area contributed by atoms with Crippen LogP contribution in [0.1, 0.15) is 32.6 Å². The first kappa shape index (κ1) is 8.46. The SMILES string of the molecule is CCc1n[nH]c(=S)n1C(C)C. The van der Waals surface area contributed by atoms with Gasteiger partial charge in [0.05, 0.1) is 0 Å². The molecule has 0 atom stereocenters. The number of rotatable bonds is 2. The Morgan fingerprint density at radius 3 is 2.64 bits per heavy atom. The third kappa shape index (κ3) is 1.50. The van der Waals surface area contributed by atoms with Crippen LogP contribution in [0, 0.1) is 4.77 Å². The van der Waals surface area contributed by atoms with Gasteiger partial charge in [0.25, 0.3) is 0 Å². The second-order valence-corrected chi connectivity index (χ2v) is 3.15. The topological polar surface area (TPSA) is 33.6 Å². The van der Waals surface area contributed by atoms with Crippen LogP contribution in [0.4, 0.5) is 0 Å². The number of nitrogens with zero attached hydrogens (tertiary/aromatic N) is 2. The molecule has 0 aromatic carbocycles. The third-order valence-electron chi connectivity index (χ3n) is 1.61. The molecule has 0 aliphatic heterocycles. The zero-order valence-corrected chi connectivity index (χ0v) is 7.90. The molecule has 0 bridgehead atoms. The summed E-state index contributed by atoms with van der Waals surface area (Å²) in [6.45, 7) is 6.28. The van der Waals surface area contributed by atoms with Gasteiger partial charge in [-0.1, -0.05) is 6.92 Å². The van der Waals surface area contributed by atoms with Crippen molar-refractivity contribution >= 4 is 12.2 Å². The Labute approximate surface area is 71.4 Å². The lowest BCUT2D eigenvalue weighted by molar-refractivity contribution is 0.565. The van der Waals surface area contributed by atoms with Crippen molar-refractivity contribution in [3.63, 3.8) is 0 Å². The van der Waals surface area contributed by atoms with Crippen molar-refractivity contribution in [2.45, 2.75) is 33.2 Å². The van der Waals surface area contributed by atoms with E-state index in [1.165, 1.54) is 0 Å². The summed E-state index contributed by atoms with van der Waals surface area (Å²) in [5.41, 5.74) is 0. The molecule has 0 saturated heterocycles. The average Bonchev–Trinajstić information content (AvgIpc) is 2.30. The predicted molar refractivity (Wildman–Crippen MR) is 47.2 cm³/mol. The third-order valence-corrected chi connectivity index (χ3v) is 1.90. The maximum atomic E-state index is 5.06. The molecular weight excluding hydrogens is 158 g/mol. The van der Waals surface area contributed by atoms with E-state index in [1.54, 1.807) is 0 Å². The Morgan fingerprint density at radius 1 is 1.64 bits per heavy atom. The van der Waals surface area contributed by atoms with Gasteiger partial charge in [0.15, 0.2) is 4.77 Å². The van der Waals surface area contributed by atoms with E-state index in [0.717, 1.165) is 17.0 Å². The molecule has 62 valence electrons. The van der Waals surface area contributed by atoms with Gasteiger partial charge in [-0.25, -0.2) is 0 Å². The monoisotopic (exact) mass is 171 g/mol. The lowest BCUT2D eigenvalue weighted by atomic mass is 10.3. The van der Waals surface area contributed by atoms with Crippen LogP contribution in [0.25, 0.3) is 0 Å². The zero-order chi connectivity index (χ0) is 8.43. The van der Waals surface area contributed by atoms with Crippen LogP contribution < -0.4 is 0 Å². The number of hydrogen-bond donors (Lipinski definition) is 1. The van der Waals surface area contributed by atoms with Gasteiger partial charge in [-0.05, 0) is 26.1 Å². The summed E-state index contributed by atoms with van der Waals surface area (Å²) < 4.78 is 2.76. The van der Waals surface area contributed by atoms with Crippen molar-refractivity contribution in [2.75, 3.05) is 0 Å². The van der Waals surface area contributed by atoms with Crippen LogP contribution in [0.15, 0.2) is 0 Å². The molecule has 11 heavy (non-hydrogen) atoms. The summed E-state index contributed by atoms with van der Waals surface area (Å²) in [6, 6.07) is 0.399. The fraction of sp³-hybridized carbons (Fsp3) is 0.714. The van der Waals surface area contributed by atoms with E-state index in [9.17, 15) is 0 Å². The number of hydrogen-bond acceptors (Lipinski definition) is 2. The summed E-state index contributed by atoms with van der Waals surface area (Å²) >= 11 is 5.06. The highest BCUT2D eigenvalue weighted by atomic mass is 32.1. The second kappa shape index (κ2) is 3.17. The molecule has 0 amide bonds. The minimum absolute atomic E-state index is 0.399. The Morgan fingerprint density at radius 2 is 2.27 bits per heavy atom. The van der Waals surface area contributed by atoms with E-state index < -0.39 is 0 Å². The van der Waals surface area contributed by atoms with Gasteiger partial charge in [-0.3, -0.25) is 5.10 Å². The molecule has 1 aromatic rings. The molecule has 1 rings (SSSR count). The zero-order valence-electron chi connectivity index (χ0n) is 7.09. The summed E-state index contributed by atoms with van der Waals surface area (Å²) in [6.07, 6.45) is 0.922. The van der Waals surface area contributed by atoms with Gasteiger partial charge in [0.2, 0.25) is 0 Å². The van der Waals surface area contributed by atoms with Crippen LogP contribution >= 0.6 is 12.2 Å². The first-order chi connectivity index (χ1) is 5.16. The average molecular weight is 171 g/mol. The summed E-state index contributed by atoms with van der Waals surface area (Å²) in [5, 5.41) is 6.89. The molecular formula is C7H13N3S. The lowest BCUT2D eigenvalue weighted by Crippen LogP contribution is -2.05. The summed E-state index contributed by atoms with van der Waals surface area (Å²) in [5.74, 6) is 1.03. The molecule has 1 N–H and O–H groups in total. The van der Waals surface area contributed by atoms with Crippen molar-refractivity contribution in [1.29, 1.82) is 0 Å². The van der Waals surface area contributed by atoms with Crippen LogP contribution in [-0.2, 0) is 6.42 Å². The van der Waals surface area contributed by atoms with Crippen molar-refractivity contribution in [3.05, 3.63) is 10.6 Å². The first-order valence-electron chi connectivity index (χ1n) is 3.82. The lowest BCUT2D eigenvalue weighted by Gasteiger charge is -2.07. The van der Waals surface area contributed by atoms with Gasteiger partial charge in [0.1, 0.15) is 5.82 Å². The van der Waals surface area contributed by atoms with E-state index >= 15 is 0 Å². The minimum Gasteiger partial charge on any atom is -0.302 e. The quantitative estimate of drug-likeness (QED) is 0.691. The number of nitrogens with one attached hydrogen (secondary N) is 1. The smallest absolute Gasteiger partial charge is 0.195 e. The van der Waals surface area contributed by atoms with Crippen molar-refractivity contribution < 1.29 is 0 Å². The second-order valence-electron chi connectivity index (χ2n) is 2.76. The molecule has 1 heterocycles. The van der Waals surface area contributed by atoms with E-state index in [1.807, 2.05) is 4.57 Å². The van der Waals surface area contributed by atoms with Gasteiger partial charge < -0.3 is 4.57 Å². The van der Waals surface area contributed by atoms with Gasteiger partial charge in [-0.2, -0.15) is 5.10 Å². The highest BCUT2D eigenvalue weighted by molar-refractivity contribution is 7.71. The van der Waals surface area contributed by atoms with Crippen molar-refractivity contribution in [1.82, 2.24) is 14.8 Å².